The maximum atomic E-state index is 12.7. The van der Waals surface area contributed by atoms with Gasteiger partial charge in [-0.3, -0.25) is 19.2 Å². The van der Waals surface area contributed by atoms with E-state index >= 15 is 0 Å². The van der Waals surface area contributed by atoms with Crippen molar-refractivity contribution in [3.05, 3.63) is 358 Å². The van der Waals surface area contributed by atoms with Crippen LogP contribution in [0.15, 0.2) is 291 Å². The van der Waals surface area contributed by atoms with Crippen molar-refractivity contribution in [2.24, 2.45) is 0 Å². The summed E-state index contributed by atoms with van der Waals surface area (Å²) in [6.45, 7) is 7.79. The monoisotopic (exact) mass is 1460 g/mol. The highest BCUT2D eigenvalue weighted by atomic mass is 35.5. The lowest BCUT2D eigenvalue weighted by Crippen LogP contribution is -2.13. The van der Waals surface area contributed by atoms with Crippen LogP contribution in [0.4, 0.5) is 75.4 Å². The van der Waals surface area contributed by atoms with Crippen molar-refractivity contribution in [2.75, 3.05) is 21.7 Å². The first-order valence-corrected chi connectivity index (χ1v) is 32.3. The minimum atomic E-state index is -4.39. The van der Waals surface area contributed by atoms with E-state index in [0.717, 1.165) is 70.9 Å². The van der Waals surface area contributed by atoms with E-state index in [1.54, 1.807) is 109 Å². The van der Waals surface area contributed by atoms with E-state index in [1.807, 2.05) is 107 Å². The standard InChI is InChI=1S/3C21H16F3NO.C14H8ClF3O.C7H9N/c3*1-14-5-4-6-17(13-14)25-20(26)19-8-3-2-7-18(19)15-9-11-16(12-10-15)21(22,23)24;15-13(19)12-4-2-1-3-11(12)9-5-7-10(8-6-9)14(16,17)18;1-6-3-2-4-7(8)5-6/h3*2-13H,1H3,(H,25,26);1-8H;2-5H,8H2,1H3. The molecule has 0 aliphatic rings. The molecule has 0 bridgehead atoms. The van der Waals surface area contributed by atoms with Gasteiger partial charge in [-0.25, -0.2) is 0 Å². The van der Waals surface area contributed by atoms with Crippen molar-refractivity contribution < 1.29 is 71.9 Å². The van der Waals surface area contributed by atoms with Gasteiger partial charge in [0.15, 0.2) is 0 Å². The molecule has 0 aliphatic carbocycles. The second kappa shape index (κ2) is 35.2. The number of nitrogens with one attached hydrogen (secondary N) is 3. The van der Waals surface area contributed by atoms with Crippen molar-refractivity contribution in [3.8, 4) is 44.5 Å². The third-order valence-corrected chi connectivity index (χ3v) is 15.8. The summed E-state index contributed by atoms with van der Waals surface area (Å²) in [6, 6.07) is 75.9. The quantitative estimate of drug-likeness (QED) is 0.0582. The first kappa shape index (κ1) is 78.7. The Bertz CT molecular complexity index is 4570. The van der Waals surface area contributed by atoms with Gasteiger partial charge in [-0.1, -0.05) is 170 Å². The van der Waals surface area contributed by atoms with E-state index in [1.165, 1.54) is 60.2 Å². The minimum absolute atomic E-state index is 0.268. The van der Waals surface area contributed by atoms with Crippen molar-refractivity contribution in [1.29, 1.82) is 0 Å². The fraction of sp³-hybridized carbons (Fsp3) is 0.0952. The average Bonchev–Trinajstić information content (AvgIpc) is 0.820. The van der Waals surface area contributed by atoms with Gasteiger partial charge in [0, 0.05) is 45.0 Å². The van der Waals surface area contributed by atoms with Crippen LogP contribution in [0.5, 0.6) is 0 Å². The molecular formula is C84H65ClF12N4O4. The van der Waals surface area contributed by atoms with Gasteiger partial charge in [0.2, 0.25) is 0 Å². The molecule has 0 aromatic heterocycles. The van der Waals surface area contributed by atoms with E-state index in [2.05, 4.69) is 16.0 Å². The highest BCUT2D eigenvalue weighted by Crippen LogP contribution is 2.37. The summed E-state index contributed by atoms with van der Waals surface area (Å²) in [7, 11) is 0. The van der Waals surface area contributed by atoms with Gasteiger partial charge < -0.3 is 21.7 Å². The molecule has 0 saturated carbocycles. The smallest absolute Gasteiger partial charge is 0.399 e. The normalized spacial score (nSPS) is 11.1. The van der Waals surface area contributed by atoms with Crippen LogP contribution in [-0.2, 0) is 24.7 Å². The first-order chi connectivity index (χ1) is 49.7. The van der Waals surface area contributed by atoms with Crippen LogP contribution < -0.4 is 21.7 Å². The topological polar surface area (TPSA) is 130 Å². The number of anilines is 4. The third kappa shape index (κ3) is 23.0. The predicted molar refractivity (Wildman–Crippen MR) is 391 cm³/mol. The van der Waals surface area contributed by atoms with Crippen LogP contribution in [0.25, 0.3) is 44.5 Å². The lowest BCUT2D eigenvalue weighted by atomic mass is 9.98. The molecular weight excluding hydrogens is 1390 g/mol. The summed E-state index contributed by atoms with van der Waals surface area (Å²) >= 11 is 5.44. The molecule has 12 rings (SSSR count). The Labute approximate surface area is 602 Å². The number of nitrogen functional groups attached to an aromatic ring is 1. The molecule has 0 unspecified atom stereocenters. The molecule has 536 valence electrons. The van der Waals surface area contributed by atoms with Gasteiger partial charge in [-0.05, 0) is 227 Å². The number of hydrogen-bond acceptors (Lipinski definition) is 5. The van der Waals surface area contributed by atoms with Gasteiger partial charge in [-0.15, -0.1) is 0 Å². The fourth-order valence-corrected chi connectivity index (χ4v) is 10.7. The molecule has 3 amide bonds. The molecule has 0 radical (unpaired) electrons. The van der Waals surface area contributed by atoms with Crippen LogP contribution in [0.2, 0.25) is 0 Å². The number of carbonyl (C=O) groups excluding carboxylic acids is 4. The van der Waals surface area contributed by atoms with Gasteiger partial charge in [0.25, 0.3) is 23.0 Å². The van der Waals surface area contributed by atoms with Crippen LogP contribution in [0, 0.1) is 27.7 Å². The zero-order valence-corrected chi connectivity index (χ0v) is 57.1. The molecule has 105 heavy (non-hydrogen) atoms. The Kier molecular flexibility index (Phi) is 26.4. The van der Waals surface area contributed by atoms with E-state index in [4.69, 9.17) is 17.3 Å². The zero-order valence-electron chi connectivity index (χ0n) is 56.3. The summed E-state index contributed by atoms with van der Waals surface area (Å²) in [5.41, 5.74) is 15.5. The minimum Gasteiger partial charge on any atom is -0.399 e. The number of carbonyl (C=O) groups is 4. The molecule has 21 heteroatoms. The first-order valence-electron chi connectivity index (χ1n) is 31.9. The summed E-state index contributed by atoms with van der Waals surface area (Å²) in [4.78, 5) is 49.2. The van der Waals surface area contributed by atoms with Crippen molar-refractivity contribution in [2.45, 2.75) is 52.4 Å². The Morgan fingerprint density at radius 1 is 0.276 bits per heavy atom. The summed E-state index contributed by atoms with van der Waals surface area (Å²) in [5, 5.41) is 7.83. The highest BCUT2D eigenvalue weighted by molar-refractivity contribution is 6.68. The Morgan fingerprint density at radius 2 is 0.495 bits per heavy atom. The largest absolute Gasteiger partial charge is 0.416 e. The number of amides is 3. The average molecular weight is 1460 g/mol. The molecule has 0 heterocycles. The van der Waals surface area contributed by atoms with Gasteiger partial charge >= 0.3 is 24.7 Å². The van der Waals surface area contributed by atoms with E-state index < -0.39 is 52.2 Å². The second-order valence-corrected chi connectivity index (χ2v) is 24.0. The predicted octanol–water partition coefficient (Wildman–Crippen LogP) is 24.1. The number of benzene rings is 12. The Balaban J connectivity index is 0.000000172. The summed E-state index contributed by atoms with van der Waals surface area (Å²) in [5.74, 6) is -0.941. The number of nitrogens with two attached hydrogens (primary N) is 1. The fourth-order valence-electron chi connectivity index (χ4n) is 10.5. The van der Waals surface area contributed by atoms with Crippen LogP contribution in [-0.4, -0.2) is 23.0 Å². The molecule has 0 saturated heterocycles. The van der Waals surface area contributed by atoms with Crippen LogP contribution in [0.1, 0.15) is 85.9 Å². The molecule has 0 fully saturated rings. The van der Waals surface area contributed by atoms with E-state index in [-0.39, 0.29) is 23.3 Å². The van der Waals surface area contributed by atoms with E-state index in [0.29, 0.717) is 78.3 Å². The number of halogens is 13. The van der Waals surface area contributed by atoms with Gasteiger partial charge in [-0.2, -0.15) is 52.7 Å². The number of aryl methyl sites for hydroxylation is 4. The molecule has 5 N–H and O–H groups in total. The number of alkyl halides is 12. The molecule has 0 atom stereocenters. The number of rotatable bonds is 11. The molecule has 8 nitrogen and oxygen atoms in total. The molecule has 12 aromatic carbocycles. The van der Waals surface area contributed by atoms with Gasteiger partial charge in [0.1, 0.15) is 0 Å². The van der Waals surface area contributed by atoms with E-state index in [9.17, 15) is 71.9 Å². The molecule has 0 aliphatic heterocycles. The molecule has 12 aromatic rings. The maximum Gasteiger partial charge on any atom is 0.416 e. The summed E-state index contributed by atoms with van der Waals surface area (Å²) < 4.78 is 152. The van der Waals surface area contributed by atoms with Crippen molar-refractivity contribution in [1.82, 2.24) is 0 Å². The van der Waals surface area contributed by atoms with Crippen molar-refractivity contribution >= 4 is 57.3 Å². The lowest BCUT2D eigenvalue weighted by Gasteiger charge is -2.12. The number of hydrogen-bond donors (Lipinski definition) is 4. The second-order valence-electron chi connectivity index (χ2n) is 23.6. The lowest BCUT2D eigenvalue weighted by molar-refractivity contribution is -0.138. The third-order valence-electron chi connectivity index (χ3n) is 15.6. The maximum absolute atomic E-state index is 12.7. The molecule has 0 spiro atoms. The highest BCUT2D eigenvalue weighted by Gasteiger charge is 2.33. The van der Waals surface area contributed by atoms with Gasteiger partial charge in [0.05, 0.1) is 22.3 Å². The zero-order chi connectivity index (χ0) is 76.2. The SMILES string of the molecule is Cc1cccc(N)c1.Cc1cccc(NC(=O)c2ccccc2-c2ccc(C(F)(F)F)cc2)c1.Cc1cccc(NC(=O)c2ccccc2-c2ccc(C(F)(F)F)cc2)c1.Cc1cccc(NC(=O)c2ccccc2-c2ccc(C(F)(F)F)cc2)c1.O=C(Cl)c1ccccc1-c1ccc(C(F)(F)F)cc1. The van der Waals surface area contributed by atoms with Crippen molar-refractivity contribution in [3.63, 3.8) is 0 Å². The Hall–Kier alpha value is -12.0. The Morgan fingerprint density at radius 3 is 0.705 bits per heavy atom. The van der Waals surface area contributed by atoms with Crippen LogP contribution in [0.3, 0.4) is 0 Å². The summed E-state index contributed by atoms with van der Waals surface area (Å²) in [6.07, 6.45) is -17.5. The van der Waals surface area contributed by atoms with Crippen LogP contribution >= 0.6 is 11.6 Å².